The van der Waals surface area contributed by atoms with Crippen LogP contribution < -0.4 is 0 Å². The zero-order chi connectivity index (χ0) is 14.3. The number of imidazole rings is 1. The molecule has 102 valence electrons. The van der Waals surface area contributed by atoms with Crippen LogP contribution in [0.15, 0.2) is 42.5 Å². The molecule has 0 amide bonds. The van der Waals surface area contributed by atoms with E-state index in [0.29, 0.717) is 10.0 Å². The Kier molecular flexibility index (Phi) is 3.63. The smallest absolute Gasteiger partial charge is 0.132 e. The maximum atomic E-state index is 6.31. The van der Waals surface area contributed by atoms with Gasteiger partial charge >= 0.3 is 0 Å². The average Bonchev–Trinajstić information content (AvgIpc) is 2.81. The lowest BCUT2D eigenvalue weighted by molar-refractivity contribution is 0.883. The molecule has 0 bridgehead atoms. The van der Waals surface area contributed by atoms with Crippen LogP contribution in [0, 0.1) is 0 Å². The number of para-hydroxylation sites is 2. The van der Waals surface area contributed by atoms with Crippen molar-refractivity contribution in [3.8, 4) is 5.69 Å². The zero-order valence-corrected chi connectivity index (χ0v) is 12.9. The van der Waals surface area contributed by atoms with Gasteiger partial charge in [0.15, 0.2) is 0 Å². The van der Waals surface area contributed by atoms with Crippen LogP contribution in [0.2, 0.25) is 10.0 Å². The molecule has 0 spiro atoms. The molecule has 0 aliphatic rings. The highest BCUT2D eigenvalue weighted by Crippen LogP contribution is 2.32. The fourth-order valence-corrected chi connectivity index (χ4v) is 2.74. The summed E-state index contributed by atoms with van der Waals surface area (Å²) in [4.78, 5) is 4.59. The van der Waals surface area contributed by atoms with E-state index < -0.39 is 0 Å². The van der Waals surface area contributed by atoms with Gasteiger partial charge in [-0.2, -0.15) is 0 Å². The van der Waals surface area contributed by atoms with Gasteiger partial charge in [0.05, 0.1) is 27.1 Å². The average molecular weight is 326 g/mol. The Hall–Kier alpha value is -1.22. The summed E-state index contributed by atoms with van der Waals surface area (Å²) in [5.41, 5.74) is 2.63. The molecule has 1 unspecified atom stereocenters. The summed E-state index contributed by atoms with van der Waals surface area (Å²) < 4.78 is 1.96. The molecule has 2 nitrogen and oxygen atoms in total. The van der Waals surface area contributed by atoms with Gasteiger partial charge in [0.1, 0.15) is 5.82 Å². The van der Waals surface area contributed by atoms with Gasteiger partial charge in [-0.15, -0.1) is 11.6 Å². The predicted octanol–water partition coefficient (Wildman–Crippen LogP) is 5.63. The standard InChI is InChI=1S/C15H11Cl3N2/c1-9(16)15-19-12-4-2-3-5-13(12)20(15)14-8-10(17)6-7-11(14)18/h2-9H,1H3. The molecular formula is C15H11Cl3N2. The molecule has 0 radical (unpaired) electrons. The second-order valence-corrected chi connectivity index (χ2v) is 6.00. The fourth-order valence-electron chi connectivity index (χ4n) is 2.22. The molecule has 3 aromatic rings. The molecule has 5 heteroatoms. The first-order valence-electron chi connectivity index (χ1n) is 6.15. The second-order valence-electron chi connectivity index (χ2n) is 4.51. The van der Waals surface area contributed by atoms with Crippen LogP contribution in [-0.4, -0.2) is 9.55 Å². The van der Waals surface area contributed by atoms with Crippen molar-refractivity contribution in [2.45, 2.75) is 12.3 Å². The third kappa shape index (κ3) is 2.28. The van der Waals surface area contributed by atoms with Gasteiger partial charge in [0, 0.05) is 5.02 Å². The molecule has 20 heavy (non-hydrogen) atoms. The summed E-state index contributed by atoms with van der Waals surface area (Å²) in [6.07, 6.45) is 0. The SMILES string of the molecule is CC(Cl)c1nc2ccccc2n1-c1cc(Cl)ccc1Cl. The summed E-state index contributed by atoms with van der Waals surface area (Å²) in [6.45, 7) is 1.89. The molecule has 0 aliphatic carbocycles. The number of hydrogen-bond donors (Lipinski definition) is 0. The van der Waals surface area contributed by atoms with Gasteiger partial charge in [0.2, 0.25) is 0 Å². The maximum absolute atomic E-state index is 6.31. The number of hydrogen-bond acceptors (Lipinski definition) is 1. The lowest BCUT2D eigenvalue weighted by Gasteiger charge is -2.12. The number of nitrogens with zero attached hydrogens (tertiary/aromatic N) is 2. The van der Waals surface area contributed by atoms with E-state index in [2.05, 4.69) is 4.98 Å². The molecule has 2 aromatic carbocycles. The van der Waals surface area contributed by atoms with Crippen LogP contribution in [0.1, 0.15) is 18.1 Å². The number of halogens is 3. The first-order valence-corrected chi connectivity index (χ1v) is 7.34. The van der Waals surface area contributed by atoms with Crippen molar-refractivity contribution < 1.29 is 0 Å². The van der Waals surface area contributed by atoms with Gasteiger partial charge in [-0.05, 0) is 37.3 Å². The van der Waals surface area contributed by atoms with Crippen molar-refractivity contribution in [2.24, 2.45) is 0 Å². The van der Waals surface area contributed by atoms with E-state index in [-0.39, 0.29) is 5.38 Å². The van der Waals surface area contributed by atoms with Crippen molar-refractivity contribution >= 4 is 45.8 Å². The zero-order valence-electron chi connectivity index (χ0n) is 10.6. The highest BCUT2D eigenvalue weighted by Gasteiger charge is 2.17. The maximum Gasteiger partial charge on any atom is 0.132 e. The van der Waals surface area contributed by atoms with Crippen molar-refractivity contribution in [2.75, 3.05) is 0 Å². The number of benzene rings is 2. The molecule has 1 atom stereocenters. The first-order chi connectivity index (χ1) is 9.58. The molecule has 1 heterocycles. The summed E-state index contributed by atoms with van der Waals surface area (Å²) in [5.74, 6) is 0.747. The van der Waals surface area contributed by atoms with E-state index in [0.717, 1.165) is 22.5 Å². The van der Waals surface area contributed by atoms with E-state index in [1.807, 2.05) is 41.8 Å². The largest absolute Gasteiger partial charge is 0.293 e. The summed E-state index contributed by atoms with van der Waals surface area (Å²) in [6, 6.07) is 13.2. The van der Waals surface area contributed by atoms with Crippen LogP contribution in [0.3, 0.4) is 0 Å². The van der Waals surface area contributed by atoms with Crippen LogP contribution in [0.5, 0.6) is 0 Å². The number of rotatable bonds is 2. The van der Waals surface area contributed by atoms with Gasteiger partial charge in [-0.1, -0.05) is 35.3 Å². The fraction of sp³-hybridized carbons (Fsp3) is 0.133. The Bertz CT molecular complexity index is 778. The van der Waals surface area contributed by atoms with Crippen molar-refractivity contribution in [1.29, 1.82) is 0 Å². The Morgan fingerprint density at radius 3 is 2.60 bits per heavy atom. The van der Waals surface area contributed by atoms with Crippen LogP contribution in [0.25, 0.3) is 16.7 Å². The molecular weight excluding hydrogens is 315 g/mol. The summed E-state index contributed by atoms with van der Waals surface area (Å²) in [5, 5.41) is 0.990. The van der Waals surface area contributed by atoms with E-state index >= 15 is 0 Å². The van der Waals surface area contributed by atoms with Gasteiger partial charge in [-0.3, -0.25) is 4.57 Å². The highest BCUT2D eigenvalue weighted by atomic mass is 35.5. The highest BCUT2D eigenvalue weighted by molar-refractivity contribution is 6.34. The molecule has 0 saturated heterocycles. The van der Waals surface area contributed by atoms with Crippen molar-refractivity contribution in [3.63, 3.8) is 0 Å². The Labute approximate surface area is 131 Å². The molecule has 0 saturated carbocycles. The van der Waals surface area contributed by atoms with Gasteiger partial charge < -0.3 is 0 Å². The summed E-state index contributed by atoms with van der Waals surface area (Å²) in [7, 11) is 0. The van der Waals surface area contributed by atoms with Crippen LogP contribution >= 0.6 is 34.8 Å². The van der Waals surface area contributed by atoms with Crippen molar-refractivity contribution in [1.82, 2.24) is 9.55 Å². The second kappa shape index (κ2) is 5.28. The van der Waals surface area contributed by atoms with E-state index in [9.17, 15) is 0 Å². The van der Waals surface area contributed by atoms with Crippen LogP contribution in [-0.2, 0) is 0 Å². The predicted molar refractivity (Wildman–Crippen MR) is 85.4 cm³/mol. The third-order valence-electron chi connectivity index (χ3n) is 3.09. The summed E-state index contributed by atoms with van der Waals surface area (Å²) >= 11 is 18.7. The normalized spacial score (nSPS) is 12.8. The molecule has 0 N–H and O–H groups in total. The Morgan fingerprint density at radius 1 is 1.10 bits per heavy atom. The topological polar surface area (TPSA) is 17.8 Å². The van der Waals surface area contributed by atoms with E-state index in [1.54, 1.807) is 12.1 Å². The number of fused-ring (bicyclic) bond motifs is 1. The van der Waals surface area contributed by atoms with E-state index in [1.165, 1.54) is 0 Å². The minimum Gasteiger partial charge on any atom is -0.293 e. The van der Waals surface area contributed by atoms with E-state index in [4.69, 9.17) is 34.8 Å². The van der Waals surface area contributed by atoms with Crippen molar-refractivity contribution in [3.05, 3.63) is 58.3 Å². The lowest BCUT2D eigenvalue weighted by Crippen LogP contribution is -2.02. The Balaban J connectivity index is 2.39. The van der Waals surface area contributed by atoms with Gasteiger partial charge in [0.25, 0.3) is 0 Å². The molecule has 1 aromatic heterocycles. The number of aromatic nitrogens is 2. The molecule has 0 aliphatic heterocycles. The van der Waals surface area contributed by atoms with Crippen LogP contribution in [0.4, 0.5) is 0 Å². The number of alkyl halides is 1. The molecule has 3 rings (SSSR count). The monoisotopic (exact) mass is 324 g/mol. The van der Waals surface area contributed by atoms with Gasteiger partial charge in [-0.25, -0.2) is 4.98 Å². The minimum atomic E-state index is -0.238. The third-order valence-corrected chi connectivity index (χ3v) is 3.84. The lowest BCUT2D eigenvalue weighted by atomic mass is 10.2. The Morgan fingerprint density at radius 2 is 1.85 bits per heavy atom. The molecule has 0 fully saturated rings. The first kappa shape index (κ1) is 13.7. The minimum absolute atomic E-state index is 0.238. The quantitative estimate of drug-likeness (QED) is 0.558.